The van der Waals surface area contributed by atoms with Gasteiger partial charge in [-0.05, 0) is 58.7 Å². The summed E-state index contributed by atoms with van der Waals surface area (Å²) in [5.41, 5.74) is 4.13. The van der Waals surface area contributed by atoms with Gasteiger partial charge in [0.05, 0.1) is 28.3 Å². The molecular weight excluding hydrogens is 334 g/mol. The number of benzene rings is 1. The van der Waals surface area contributed by atoms with E-state index in [1.807, 2.05) is 35.3 Å². The van der Waals surface area contributed by atoms with Crippen LogP contribution in [-0.2, 0) is 4.74 Å². The van der Waals surface area contributed by atoms with Gasteiger partial charge < -0.3 is 4.74 Å². The number of hydrogen-bond donors (Lipinski definition) is 0. The lowest BCUT2D eigenvalue weighted by Gasteiger charge is -2.45. The molecule has 0 bridgehead atoms. The molecule has 140 valence electrons. The fraction of sp³-hybridized carbons (Fsp3) is 0.391. The van der Waals surface area contributed by atoms with Crippen LogP contribution in [0.4, 0.5) is 0 Å². The zero-order valence-corrected chi connectivity index (χ0v) is 16.5. The maximum absolute atomic E-state index is 6.28. The van der Waals surface area contributed by atoms with E-state index in [-0.39, 0.29) is 11.2 Å². The molecule has 4 rings (SSSR count). The zero-order chi connectivity index (χ0) is 19.1. The van der Waals surface area contributed by atoms with Crippen molar-refractivity contribution in [2.75, 3.05) is 0 Å². The highest BCUT2D eigenvalue weighted by Gasteiger charge is 2.40. The molecular formula is C23H27N3O. The summed E-state index contributed by atoms with van der Waals surface area (Å²) in [7, 11) is 0. The molecule has 0 atom stereocenters. The van der Waals surface area contributed by atoms with E-state index in [2.05, 4.69) is 63.0 Å². The van der Waals surface area contributed by atoms with Crippen molar-refractivity contribution >= 4 is 0 Å². The molecule has 1 aliphatic heterocycles. The number of rotatable bonds is 3. The van der Waals surface area contributed by atoms with Crippen LogP contribution in [0, 0.1) is 0 Å². The minimum atomic E-state index is -0.153. The van der Waals surface area contributed by atoms with Crippen molar-refractivity contribution in [1.29, 1.82) is 0 Å². The molecule has 0 unspecified atom stereocenters. The molecule has 2 aromatic heterocycles. The van der Waals surface area contributed by atoms with Crippen molar-refractivity contribution in [2.24, 2.45) is 0 Å². The molecule has 1 aromatic carbocycles. The molecule has 1 fully saturated rings. The second-order valence-corrected chi connectivity index (χ2v) is 8.66. The summed E-state index contributed by atoms with van der Waals surface area (Å²) >= 11 is 0. The largest absolute Gasteiger partial charge is 0.370 e. The van der Waals surface area contributed by atoms with Gasteiger partial charge in [-0.15, -0.1) is 0 Å². The Bertz CT molecular complexity index is 840. The second-order valence-electron chi connectivity index (χ2n) is 8.66. The molecule has 0 saturated carbocycles. The first-order valence-electron chi connectivity index (χ1n) is 9.59. The Labute approximate surface area is 161 Å². The topological polar surface area (TPSA) is 39.9 Å². The number of aromatic nitrogens is 3. The van der Waals surface area contributed by atoms with Crippen LogP contribution < -0.4 is 0 Å². The second kappa shape index (κ2) is 6.61. The smallest absolute Gasteiger partial charge is 0.0743 e. The van der Waals surface area contributed by atoms with E-state index in [0.29, 0.717) is 5.92 Å². The zero-order valence-electron chi connectivity index (χ0n) is 16.5. The molecule has 0 amide bonds. The Balaban J connectivity index is 1.80. The highest BCUT2D eigenvalue weighted by atomic mass is 16.5. The van der Waals surface area contributed by atoms with E-state index in [1.165, 1.54) is 5.56 Å². The van der Waals surface area contributed by atoms with Crippen LogP contribution in [0.5, 0.6) is 0 Å². The van der Waals surface area contributed by atoms with Crippen molar-refractivity contribution in [1.82, 2.24) is 14.8 Å². The number of pyridine rings is 1. The third-order valence-electron chi connectivity index (χ3n) is 5.15. The normalized spacial score (nSPS) is 19.1. The molecule has 0 spiro atoms. The molecule has 4 nitrogen and oxygen atoms in total. The minimum Gasteiger partial charge on any atom is -0.370 e. The van der Waals surface area contributed by atoms with E-state index < -0.39 is 0 Å². The van der Waals surface area contributed by atoms with Crippen molar-refractivity contribution in [3.63, 3.8) is 0 Å². The van der Waals surface area contributed by atoms with Gasteiger partial charge in [-0.1, -0.05) is 30.3 Å². The van der Waals surface area contributed by atoms with Gasteiger partial charge in [-0.2, -0.15) is 5.10 Å². The number of ether oxygens (including phenoxy) is 1. The summed E-state index contributed by atoms with van der Waals surface area (Å²) < 4.78 is 8.32. The SMILES string of the molecule is CC1(C)CC(c2cc(-c3ccccc3)n(-c3ccncc3)n2)CC(C)(C)O1. The average Bonchev–Trinajstić information content (AvgIpc) is 3.06. The third kappa shape index (κ3) is 3.81. The Morgan fingerprint density at radius 3 is 2.19 bits per heavy atom. The van der Waals surface area contributed by atoms with Crippen LogP contribution in [0.15, 0.2) is 60.9 Å². The molecule has 1 aliphatic rings. The third-order valence-corrected chi connectivity index (χ3v) is 5.15. The lowest BCUT2D eigenvalue weighted by molar-refractivity contribution is -0.162. The Morgan fingerprint density at radius 1 is 0.926 bits per heavy atom. The Kier molecular flexibility index (Phi) is 4.39. The van der Waals surface area contributed by atoms with Gasteiger partial charge in [-0.25, -0.2) is 4.68 Å². The van der Waals surface area contributed by atoms with E-state index >= 15 is 0 Å². The van der Waals surface area contributed by atoms with Crippen LogP contribution in [0.3, 0.4) is 0 Å². The fourth-order valence-electron chi connectivity index (χ4n) is 4.39. The summed E-state index contributed by atoms with van der Waals surface area (Å²) in [5.74, 6) is 0.370. The van der Waals surface area contributed by atoms with Crippen molar-refractivity contribution in [3.8, 4) is 16.9 Å². The standard InChI is InChI=1S/C23H27N3O/c1-22(2)15-18(16-23(3,4)27-22)20-14-21(17-8-6-5-7-9-17)26(25-20)19-10-12-24-13-11-19/h5-14,18H,15-16H2,1-4H3. The number of nitrogens with zero attached hydrogens (tertiary/aromatic N) is 3. The summed E-state index contributed by atoms with van der Waals surface area (Å²) in [6.07, 6.45) is 5.56. The van der Waals surface area contributed by atoms with E-state index in [0.717, 1.165) is 29.9 Å². The van der Waals surface area contributed by atoms with Gasteiger partial charge in [0.2, 0.25) is 0 Å². The fourth-order valence-corrected chi connectivity index (χ4v) is 4.39. The van der Waals surface area contributed by atoms with Crippen LogP contribution in [0.1, 0.15) is 52.1 Å². The molecule has 3 aromatic rings. The summed E-state index contributed by atoms with van der Waals surface area (Å²) in [6.45, 7) is 8.72. The molecule has 0 N–H and O–H groups in total. The first-order valence-corrected chi connectivity index (χ1v) is 9.59. The molecule has 3 heterocycles. The maximum atomic E-state index is 6.28. The highest BCUT2D eigenvalue weighted by molar-refractivity contribution is 5.62. The van der Waals surface area contributed by atoms with Gasteiger partial charge >= 0.3 is 0 Å². The minimum absolute atomic E-state index is 0.153. The van der Waals surface area contributed by atoms with Gasteiger partial charge in [0.25, 0.3) is 0 Å². The molecule has 0 radical (unpaired) electrons. The number of hydrogen-bond acceptors (Lipinski definition) is 3. The Hall–Kier alpha value is -2.46. The van der Waals surface area contributed by atoms with Crippen molar-refractivity contribution < 1.29 is 4.74 Å². The van der Waals surface area contributed by atoms with E-state index in [9.17, 15) is 0 Å². The molecule has 27 heavy (non-hydrogen) atoms. The van der Waals surface area contributed by atoms with Gasteiger partial charge in [0, 0.05) is 23.9 Å². The first kappa shape index (κ1) is 17.9. The maximum Gasteiger partial charge on any atom is 0.0743 e. The van der Waals surface area contributed by atoms with Crippen LogP contribution >= 0.6 is 0 Å². The van der Waals surface area contributed by atoms with Crippen LogP contribution in [0.25, 0.3) is 16.9 Å². The van der Waals surface area contributed by atoms with E-state index in [4.69, 9.17) is 9.84 Å². The average molecular weight is 361 g/mol. The monoisotopic (exact) mass is 361 g/mol. The van der Waals surface area contributed by atoms with Crippen LogP contribution in [0.2, 0.25) is 0 Å². The predicted octanol–water partition coefficient (Wildman–Crippen LogP) is 5.39. The van der Waals surface area contributed by atoms with Gasteiger partial charge in [0.1, 0.15) is 0 Å². The van der Waals surface area contributed by atoms with Crippen LogP contribution in [-0.4, -0.2) is 26.0 Å². The highest BCUT2D eigenvalue weighted by Crippen LogP contribution is 2.43. The van der Waals surface area contributed by atoms with Crippen molar-refractivity contribution in [2.45, 2.75) is 57.7 Å². The van der Waals surface area contributed by atoms with Crippen molar-refractivity contribution in [3.05, 3.63) is 66.6 Å². The van der Waals surface area contributed by atoms with Gasteiger partial charge in [-0.3, -0.25) is 4.98 Å². The molecule has 1 saturated heterocycles. The molecule has 0 aliphatic carbocycles. The molecule has 4 heteroatoms. The quantitative estimate of drug-likeness (QED) is 0.628. The predicted molar refractivity (Wildman–Crippen MR) is 108 cm³/mol. The summed E-state index contributed by atoms with van der Waals surface area (Å²) in [4.78, 5) is 4.15. The van der Waals surface area contributed by atoms with E-state index in [1.54, 1.807) is 0 Å². The summed E-state index contributed by atoms with van der Waals surface area (Å²) in [5, 5.41) is 5.04. The lowest BCUT2D eigenvalue weighted by Crippen LogP contribution is -2.44. The lowest BCUT2D eigenvalue weighted by atomic mass is 9.79. The summed E-state index contributed by atoms with van der Waals surface area (Å²) in [6, 6.07) is 16.7. The van der Waals surface area contributed by atoms with Gasteiger partial charge in [0.15, 0.2) is 0 Å². The Morgan fingerprint density at radius 2 is 1.56 bits per heavy atom. The first-order chi connectivity index (χ1) is 12.8.